The molecule has 238 valence electrons. The van der Waals surface area contributed by atoms with Crippen LogP contribution in [-0.2, 0) is 14.4 Å². The van der Waals surface area contributed by atoms with Gasteiger partial charge in [0.2, 0.25) is 17.7 Å². The van der Waals surface area contributed by atoms with Gasteiger partial charge in [-0.15, -0.1) is 11.8 Å². The summed E-state index contributed by atoms with van der Waals surface area (Å²) in [5.74, 6) is -2.00. The highest BCUT2D eigenvalue weighted by Gasteiger charge is 2.75. The summed E-state index contributed by atoms with van der Waals surface area (Å²) in [5.41, 5.74) is 0.998. The first-order chi connectivity index (χ1) is 21.2. The zero-order valence-corrected chi connectivity index (χ0v) is 28.0. The Bertz CT molecular complexity index is 1530. The average molecular weight is 628 g/mol. The van der Waals surface area contributed by atoms with Gasteiger partial charge < -0.3 is 19.8 Å². The van der Waals surface area contributed by atoms with Crippen molar-refractivity contribution in [3.8, 4) is 0 Å². The summed E-state index contributed by atoms with van der Waals surface area (Å²) in [7, 11) is 0. The SMILES string of the molecule is CC(C)(C)CC(C)(C)N1CC=C[C@]23S[C@]4(C)C=CCN(c5ccccc5)C(=O)[C@@H]4[C@H]2C(=O)N([C@H](CO)c2ccccc2)C3C1=O. The van der Waals surface area contributed by atoms with Crippen LogP contribution in [0.5, 0.6) is 0 Å². The van der Waals surface area contributed by atoms with Gasteiger partial charge in [-0.3, -0.25) is 14.4 Å². The lowest BCUT2D eigenvalue weighted by atomic mass is 9.74. The minimum absolute atomic E-state index is 0.0379. The number of hydrogen-bond acceptors (Lipinski definition) is 5. The Hall–Kier alpha value is -3.36. The van der Waals surface area contributed by atoms with E-state index in [4.69, 9.17) is 0 Å². The Kier molecular flexibility index (Phi) is 7.84. The van der Waals surface area contributed by atoms with Crippen LogP contribution in [0.4, 0.5) is 5.69 Å². The molecule has 1 unspecified atom stereocenters. The molecule has 0 bridgehead atoms. The van der Waals surface area contributed by atoms with Crippen molar-refractivity contribution in [2.45, 2.75) is 75.1 Å². The number of benzene rings is 2. The lowest BCUT2D eigenvalue weighted by Gasteiger charge is -2.45. The predicted octanol–water partition coefficient (Wildman–Crippen LogP) is 5.62. The van der Waals surface area contributed by atoms with E-state index in [-0.39, 0.29) is 29.7 Å². The molecule has 4 aliphatic rings. The number of para-hydroxylation sites is 1. The predicted molar refractivity (Wildman–Crippen MR) is 180 cm³/mol. The van der Waals surface area contributed by atoms with E-state index >= 15 is 9.59 Å². The normalized spacial score (nSPS) is 30.6. The van der Waals surface area contributed by atoms with Crippen molar-refractivity contribution in [3.63, 3.8) is 0 Å². The average Bonchev–Trinajstić information content (AvgIpc) is 3.24. The Labute approximate surface area is 271 Å². The van der Waals surface area contributed by atoms with Crippen molar-refractivity contribution < 1.29 is 19.5 Å². The summed E-state index contributed by atoms with van der Waals surface area (Å²) in [5, 5.41) is 10.9. The summed E-state index contributed by atoms with van der Waals surface area (Å²) in [6, 6.07) is 17.4. The third kappa shape index (κ3) is 5.14. The number of likely N-dealkylation sites (tertiary alicyclic amines) is 1. The van der Waals surface area contributed by atoms with Crippen LogP contribution in [-0.4, -0.2) is 73.4 Å². The van der Waals surface area contributed by atoms with Gasteiger partial charge >= 0.3 is 0 Å². The minimum atomic E-state index is -0.998. The van der Waals surface area contributed by atoms with Crippen LogP contribution < -0.4 is 4.90 Å². The standard InChI is InChI=1S/C37H45N3O4S/c1-34(2,3)24-35(4,5)39-22-14-20-37-29(32(43)40(30(37)33(39)44)27(23-41)25-15-9-7-10-16-25)28-31(42)38(26-17-11-8-12-18-26)21-13-19-36(28,6)45-37/h7-20,27-30,41H,21-24H2,1-6H3/t27-,28+,29+,30?,36-,37+/m1/s1. The molecule has 4 heterocycles. The molecule has 0 aliphatic carbocycles. The van der Waals surface area contributed by atoms with Gasteiger partial charge in [-0.05, 0) is 50.3 Å². The monoisotopic (exact) mass is 627 g/mol. The van der Waals surface area contributed by atoms with Gasteiger partial charge in [-0.1, -0.05) is 93.6 Å². The van der Waals surface area contributed by atoms with Crippen molar-refractivity contribution in [2.24, 2.45) is 17.3 Å². The van der Waals surface area contributed by atoms with Gasteiger partial charge in [0.1, 0.15) is 6.04 Å². The topological polar surface area (TPSA) is 81.2 Å². The number of nitrogens with zero attached hydrogens (tertiary/aromatic N) is 3. The largest absolute Gasteiger partial charge is 0.394 e. The molecule has 2 saturated heterocycles. The van der Waals surface area contributed by atoms with E-state index in [2.05, 4.69) is 46.8 Å². The Morgan fingerprint density at radius 3 is 2.09 bits per heavy atom. The molecule has 6 atom stereocenters. The number of aliphatic hydroxyl groups is 1. The van der Waals surface area contributed by atoms with Crippen LogP contribution in [0.2, 0.25) is 0 Å². The van der Waals surface area contributed by atoms with E-state index in [9.17, 15) is 9.90 Å². The smallest absolute Gasteiger partial charge is 0.247 e. The second-order valence-corrected chi connectivity index (χ2v) is 16.7. The molecule has 0 radical (unpaired) electrons. The molecule has 4 aliphatic heterocycles. The maximum atomic E-state index is 15.1. The molecule has 7 nitrogen and oxygen atoms in total. The fourth-order valence-electron chi connectivity index (χ4n) is 8.60. The first kappa shape index (κ1) is 31.6. The number of thioether (sulfide) groups is 1. The molecule has 1 spiro atoms. The van der Waals surface area contributed by atoms with Crippen LogP contribution in [0.3, 0.4) is 0 Å². The number of amides is 3. The number of carbonyl (C=O) groups excluding carboxylic acids is 3. The molecule has 3 amide bonds. The lowest BCUT2D eigenvalue weighted by molar-refractivity contribution is -0.149. The highest BCUT2D eigenvalue weighted by atomic mass is 32.2. The van der Waals surface area contributed by atoms with Gasteiger partial charge in [0.15, 0.2) is 0 Å². The first-order valence-corrected chi connectivity index (χ1v) is 16.8. The maximum absolute atomic E-state index is 15.1. The fourth-order valence-corrected chi connectivity index (χ4v) is 10.7. The lowest BCUT2D eigenvalue weighted by Crippen LogP contribution is -2.59. The fraction of sp³-hybridized carbons (Fsp3) is 0.486. The molecule has 0 aromatic heterocycles. The van der Waals surface area contributed by atoms with Gasteiger partial charge in [0, 0.05) is 29.1 Å². The van der Waals surface area contributed by atoms with Crippen LogP contribution in [0.1, 0.15) is 59.6 Å². The molecule has 6 rings (SSSR count). The second-order valence-electron chi connectivity index (χ2n) is 14.9. The third-order valence-corrected chi connectivity index (χ3v) is 11.7. The van der Waals surface area contributed by atoms with Crippen LogP contribution in [0.25, 0.3) is 0 Å². The highest BCUT2D eigenvalue weighted by Crippen LogP contribution is 2.66. The maximum Gasteiger partial charge on any atom is 0.247 e. The highest BCUT2D eigenvalue weighted by molar-refractivity contribution is 8.02. The van der Waals surface area contributed by atoms with Gasteiger partial charge in [0.05, 0.1) is 29.2 Å². The zero-order chi connectivity index (χ0) is 32.4. The number of carbonyl (C=O) groups is 3. The number of aliphatic hydroxyl groups excluding tert-OH is 1. The van der Waals surface area contributed by atoms with Crippen LogP contribution in [0, 0.1) is 17.3 Å². The third-order valence-electron chi connectivity index (χ3n) is 9.95. The second kappa shape index (κ2) is 11.2. The molecule has 2 fully saturated rings. The van der Waals surface area contributed by atoms with Gasteiger partial charge in [-0.2, -0.15) is 0 Å². The molecular weight excluding hydrogens is 582 g/mol. The van der Waals surface area contributed by atoms with E-state index in [1.807, 2.05) is 84.6 Å². The van der Waals surface area contributed by atoms with Gasteiger partial charge in [0.25, 0.3) is 0 Å². The van der Waals surface area contributed by atoms with Crippen LogP contribution >= 0.6 is 11.8 Å². The number of rotatable bonds is 6. The zero-order valence-electron chi connectivity index (χ0n) is 27.1. The van der Waals surface area contributed by atoms with Gasteiger partial charge in [-0.25, -0.2) is 0 Å². The van der Waals surface area contributed by atoms with E-state index < -0.39 is 39.0 Å². The van der Waals surface area contributed by atoms with Crippen LogP contribution in [0.15, 0.2) is 85.0 Å². The van der Waals surface area contributed by atoms with Crippen molar-refractivity contribution in [1.29, 1.82) is 0 Å². The molecule has 0 saturated carbocycles. The van der Waals surface area contributed by atoms with Crippen molar-refractivity contribution in [2.75, 3.05) is 24.6 Å². The molecule has 45 heavy (non-hydrogen) atoms. The quantitative estimate of drug-likeness (QED) is 0.421. The van der Waals surface area contributed by atoms with E-state index in [1.54, 1.807) is 21.6 Å². The minimum Gasteiger partial charge on any atom is -0.394 e. The summed E-state index contributed by atoms with van der Waals surface area (Å²) in [6.07, 6.45) is 8.96. The summed E-state index contributed by atoms with van der Waals surface area (Å²) in [6.45, 7) is 13.2. The molecule has 8 heteroatoms. The molecule has 2 aromatic carbocycles. The van der Waals surface area contributed by atoms with E-state index in [0.29, 0.717) is 13.1 Å². The first-order valence-electron chi connectivity index (χ1n) is 16.0. The number of anilines is 1. The van der Waals surface area contributed by atoms with E-state index in [0.717, 1.165) is 17.7 Å². The summed E-state index contributed by atoms with van der Waals surface area (Å²) < 4.78 is -1.71. The Balaban J connectivity index is 1.52. The Morgan fingerprint density at radius 1 is 0.844 bits per heavy atom. The molecular formula is C37H45N3O4S. The molecule has 2 aromatic rings. The number of fused-ring (bicyclic) bond motifs is 2. The summed E-state index contributed by atoms with van der Waals surface area (Å²) in [4.78, 5) is 50.2. The van der Waals surface area contributed by atoms with Crippen molar-refractivity contribution in [1.82, 2.24) is 9.80 Å². The van der Waals surface area contributed by atoms with E-state index in [1.165, 1.54) is 0 Å². The van der Waals surface area contributed by atoms with Crippen molar-refractivity contribution >= 4 is 35.2 Å². The number of hydrogen-bond donors (Lipinski definition) is 1. The summed E-state index contributed by atoms with van der Waals surface area (Å²) >= 11 is 1.57. The molecule has 1 N–H and O–H groups in total. The Morgan fingerprint density at radius 2 is 1.47 bits per heavy atom. The van der Waals surface area contributed by atoms with Crippen molar-refractivity contribution in [3.05, 3.63) is 90.5 Å².